The number of fused-ring (bicyclic) bond motifs is 1. The van der Waals surface area contributed by atoms with Crippen LogP contribution in [-0.2, 0) is 21.9 Å². The predicted molar refractivity (Wildman–Crippen MR) is 87.6 cm³/mol. The van der Waals surface area contributed by atoms with E-state index in [1.165, 1.54) is 7.05 Å². The molecule has 128 valence electrons. The van der Waals surface area contributed by atoms with E-state index in [2.05, 4.69) is 0 Å². The molecule has 1 heterocycles. The molecule has 1 atom stereocenters. The van der Waals surface area contributed by atoms with Gasteiger partial charge in [-0.2, -0.15) is 0 Å². The van der Waals surface area contributed by atoms with E-state index in [4.69, 9.17) is 13.7 Å². The van der Waals surface area contributed by atoms with Crippen LogP contribution in [0.1, 0.15) is 40.2 Å². The molecule has 6 nitrogen and oxygen atoms in total. The van der Waals surface area contributed by atoms with Crippen molar-refractivity contribution in [3.05, 3.63) is 23.8 Å². The minimum absolute atomic E-state index is 0.317. The van der Waals surface area contributed by atoms with E-state index in [9.17, 15) is 9.00 Å². The van der Waals surface area contributed by atoms with Gasteiger partial charge in [0.2, 0.25) is 0 Å². The highest BCUT2D eigenvalue weighted by atomic mass is 32.2. The molecular weight excluding hydrogens is 318 g/mol. The highest BCUT2D eigenvalue weighted by Crippen LogP contribution is 2.41. The fourth-order valence-electron chi connectivity index (χ4n) is 2.16. The zero-order chi connectivity index (χ0) is 17.4. The number of rotatable bonds is 3. The van der Waals surface area contributed by atoms with E-state index in [0.717, 1.165) is 16.3 Å². The standard InChI is InChI=1S/C16H23NO5S/c1-15(2,3)22-23(19)17(6)14(18)20-12-9-7-8-11-10-16(4,5)21-13(11)12/h7-9H,10H2,1-6H3. The molecule has 0 spiro atoms. The van der Waals surface area contributed by atoms with Crippen molar-refractivity contribution in [2.45, 2.75) is 52.2 Å². The second kappa shape index (κ2) is 6.13. The fourth-order valence-corrected chi connectivity index (χ4v) is 2.86. The van der Waals surface area contributed by atoms with Gasteiger partial charge >= 0.3 is 6.09 Å². The molecular formula is C16H23NO5S. The molecule has 1 aromatic rings. The van der Waals surface area contributed by atoms with Crippen LogP contribution in [0.15, 0.2) is 18.2 Å². The normalized spacial score (nSPS) is 17.1. The Morgan fingerprint density at radius 1 is 1.35 bits per heavy atom. The van der Waals surface area contributed by atoms with Crippen molar-refractivity contribution in [2.75, 3.05) is 7.05 Å². The largest absolute Gasteiger partial charge is 0.483 e. The number of hydrogen-bond acceptors (Lipinski definition) is 5. The Labute approximate surface area is 139 Å². The molecule has 0 N–H and O–H groups in total. The number of para-hydroxylation sites is 1. The molecule has 0 saturated heterocycles. The quantitative estimate of drug-likeness (QED) is 0.844. The molecule has 0 radical (unpaired) electrons. The molecule has 0 fully saturated rings. The Morgan fingerprint density at radius 3 is 2.61 bits per heavy atom. The average molecular weight is 341 g/mol. The molecule has 0 aliphatic carbocycles. The average Bonchev–Trinajstić information content (AvgIpc) is 2.71. The van der Waals surface area contributed by atoms with Crippen molar-refractivity contribution in [1.82, 2.24) is 4.31 Å². The topological polar surface area (TPSA) is 65.1 Å². The Bertz CT molecular complexity index is 636. The van der Waals surface area contributed by atoms with Gasteiger partial charge in [0.25, 0.3) is 11.3 Å². The molecule has 1 amide bonds. The maximum Gasteiger partial charge on any atom is 0.428 e. The SMILES string of the molecule is CN(C(=O)Oc1cccc2c1OC(C)(C)C2)S(=O)OC(C)(C)C. The lowest BCUT2D eigenvalue weighted by molar-refractivity contribution is 0.127. The van der Waals surface area contributed by atoms with Crippen molar-refractivity contribution < 1.29 is 22.7 Å². The van der Waals surface area contributed by atoms with Crippen LogP contribution in [0, 0.1) is 0 Å². The van der Waals surface area contributed by atoms with Crippen LogP contribution in [-0.4, -0.2) is 32.9 Å². The molecule has 7 heteroatoms. The lowest BCUT2D eigenvalue weighted by Crippen LogP contribution is -2.36. The van der Waals surface area contributed by atoms with Crippen molar-refractivity contribution in [1.29, 1.82) is 0 Å². The lowest BCUT2D eigenvalue weighted by Gasteiger charge is -2.22. The first kappa shape index (κ1) is 17.7. The predicted octanol–water partition coefficient (Wildman–Crippen LogP) is 3.22. The molecule has 1 unspecified atom stereocenters. The van der Waals surface area contributed by atoms with E-state index in [-0.39, 0.29) is 5.60 Å². The highest BCUT2D eigenvalue weighted by molar-refractivity contribution is 7.78. The Balaban J connectivity index is 2.11. The molecule has 1 aliphatic heterocycles. The lowest BCUT2D eigenvalue weighted by atomic mass is 10.0. The first-order chi connectivity index (χ1) is 10.5. The van der Waals surface area contributed by atoms with Crippen LogP contribution >= 0.6 is 0 Å². The van der Waals surface area contributed by atoms with E-state index in [1.807, 2.05) is 19.9 Å². The zero-order valence-electron chi connectivity index (χ0n) is 14.3. The van der Waals surface area contributed by atoms with Crippen LogP contribution in [0.5, 0.6) is 11.5 Å². The van der Waals surface area contributed by atoms with Gasteiger partial charge in [0.05, 0.1) is 5.60 Å². The van der Waals surface area contributed by atoms with Crippen LogP contribution in [0.4, 0.5) is 4.79 Å². The Kier molecular flexibility index (Phi) is 4.73. The summed E-state index contributed by atoms with van der Waals surface area (Å²) < 4.78 is 29.3. The number of carbonyl (C=O) groups is 1. The third-order valence-corrected chi connectivity index (χ3v) is 4.29. The molecule has 0 bridgehead atoms. The van der Waals surface area contributed by atoms with E-state index >= 15 is 0 Å². The minimum Gasteiger partial charge on any atom is -0.483 e. The van der Waals surface area contributed by atoms with Crippen molar-refractivity contribution in [3.63, 3.8) is 0 Å². The summed E-state index contributed by atoms with van der Waals surface area (Å²) in [5, 5.41) is 0. The molecule has 1 aromatic carbocycles. The zero-order valence-corrected chi connectivity index (χ0v) is 15.2. The smallest absolute Gasteiger partial charge is 0.428 e. The highest BCUT2D eigenvalue weighted by Gasteiger charge is 2.33. The summed E-state index contributed by atoms with van der Waals surface area (Å²) in [6.07, 6.45) is -0.0305. The van der Waals surface area contributed by atoms with Crippen molar-refractivity contribution in [2.24, 2.45) is 0 Å². The number of hydrogen-bond donors (Lipinski definition) is 0. The number of nitrogens with zero attached hydrogens (tertiary/aromatic N) is 1. The van der Waals surface area contributed by atoms with Gasteiger partial charge in [0.1, 0.15) is 5.60 Å². The number of benzene rings is 1. The van der Waals surface area contributed by atoms with E-state index in [1.54, 1.807) is 32.9 Å². The van der Waals surface area contributed by atoms with Crippen LogP contribution in [0.25, 0.3) is 0 Å². The molecule has 0 aromatic heterocycles. The van der Waals surface area contributed by atoms with Crippen LogP contribution < -0.4 is 9.47 Å². The van der Waals surface area contributed by atoms with Gasteiger partial charge in [-0.1, -0.05) is 12.1 Å². The number of carbonyl (C=O) groups excluding carboxylic acids is 1. The summed E-state index contributed by atoms with van der Waals surface area (Å²) in [5.41, 5.74) is 0.00475. The monoisotopic (exact) mass is 341 g/mol. The van der Waals surface area contributed by atoms with Crippen LogP contribution in [0.3, 0.4) is 0 Å². The maximum atomic E-state index is 12.2. The first-order valence-electron chi connectivity index (χ1n) is 7.36. The second-order valence-electron chi connectivity index (χ2n) is 7.06. The third-order valence-electron chi connectivity index (χ3n) is 3.05. The Morgan fingerprint density at radius 2 is 2.00 bits per heavy atom. The summed E-state index contributed by atoms with van der Waals surface area (Å²) in [7, 11) is 1.36. The second-order valence-corrected chi connectivity index (χ2v) is 8.21. The molecule has 1 aliphatic rings. The van der Waals surface area contributed by atoms with Gasteiger partial charge in [0, 0.05) is 19.0 Å². The van der Waals surface area contributed by atoms with Crippen molar-refractivity contribution >= 4 is 17.4 Å². The summed E-state index contributed by atoms with van der Waals surface area (Å²) in [6.45, 7) is 9.20. The van der Waals surface area contributed by atoms with Gasteiger partial charge in [-0.15, -0.1) is 0 Å². The number of ether oxygens (including phenoxy) is 2. The van der Waals surface area contributed by atoms with Crippen molar-refractivity contribution in [3.8, 4) is 11.5 Å². The van der Waals surface area contributed by atoms with E-state index < -0.39 is 23.0 Å². The maximum absolute atomic E-state index is 12.2. The summed E-state index contributed by atoms with van der Waals surface area (Å²) in [5.74, 6) is 0.874. The summed E-state index contributed by atoms with van der Waals surface area (Å²) >= 11 is -1.93. The summed E-state index contributed by atoms with van der Waals surface area (Å²) in [6, 6.07) is 5.39. The molecule has 0 saturated carbocycles. The third kappa shape index (κ3) is 4.45. The van der Waals surface area contributed by atoms with Crippen LogP contribution in [0.2, 0.25) is 0 Å². The fraction of sp³-hybridized carbons (Fsp3) is 0.562. The van der Waals surface area contributed by atoms with Gasteiger partial charge < -0.3 is 9.47 Å². The molecule has 23 heavy (non-hydrogen) atoms. The first-order valence-corrected chi connectivity index (χ1v) is 8.39. The molecule has 2 rings (SSSR count). The minimum atomic E-state index is -1.93. The van der Waals surface area contributed by atoms with Gasteiger partial charge in [-0.3, -0.25) is 4.18 Å². The van der Waals surface area contributed by atoms with E-state index in [0.29, 0.717) is 11.5 Å². The van der Waals surface area contributed by atoms with Gasteiger partial charge in [-0.25, -0.2) is 13.3 Å². The summed E-state index contributed by atoms with van der Waals surface area (Å²) in [4.78, 5) is 12.2. The van der Waals surface area contributed by atoms with Gasteiger partial charge in [0.15, 0.2) is 11.5 Å². The Hall–Kier alpha value is -1.60. The van der Waals surface area contributed by atoms with Gasteiger partial charge in [-0.05, 0) is 40.7 Å². The number of amides is 1.